The van der Waals surface area contributed by atoms with Gasteiger partial charge in [0, 0.05) is 29.7 Å². The highest BCUT2D eigenvalue weighted by atomic mass is 16.5. The number of hydrogen-bond donors (Lipinski definition) is 2. The molecule has 0 aliphatic rings. The molecule has 32 heavy (non-hydrogen) atoms. The molecular formula is C23H24N4O5. The first-order valence-corrected chi connectivity index (χ1v) is 10.1. The molecule has 2 N–H and O–H groups in total. The number of nitrogens with one attached hydrogen (secondary N) is 2. The number of nitrogens with zero attached hydrogens (tertiary/aromatic N) is 2. The highest BCUT2D eigenvalue weighted by Crippen LogP contribution is 2.28. The summed E-state index contributed by atoms with van der Waals surface area (Å²) in [5, 5.41) is 5.32. The molecule has 9 heteroatoms. The van der Waals surface area contributed by atoms with Gasteiger partial charge in [0.25, 0.3) is 5.91 Å². The van der Waals surface area contributed by atoms with Crippen LogP contribution in [0.15, 0.2) is 61.1 Å². The number of hydrogen-bond acceptors (Lipinski definition) is 7. The number of carbonyl (C=O) groups excluding carboxylic acids is 2. The SMILES string of the molecule is CCOc1ccc(C(=O)NCC(=O)Nc2cccc(Oc3cnccn3)c2)cc1OCC. The lowest BCUT2D eigenvalue weighted by Crippen LogP contribution is -2.32. The Labute approximate surface area is 185 Å². The van der Waals surface area contributed by atoms with Crippen LogP contribution in [0, 0.1) is 0 Å². The first kappa shape index (κ1) is 22.5. The van der Waals surface area contributed by atoms with Gasteiger partial charge in [0.1, 0.15) is 5.75 Å². The molecule has 3 rings (SSSR count). The zero-order valence-electron chi connectivity index (χ0n) is 17.8. The third-order valence-electron chi connectivity index (χ3n) is 4.09. The molecule has 0 saturated carbocycles. The van der Waals surface area contributed by atoms with Gasteiger partial charge in [0.05, 0.1) is 26.0 Å². The fourth-order valence-electron chi connectivity index (χ4n) is 2.76. The van der Waals surface area contributed by atoms with E-state index in [-0.39, 0.29) is 12.5 Å². The first-order valence-electron chi connectivity index (χ1n) is 10.1. The van der Waals surface area contributed by atoms with Crippen LogP contribution in [-0.2, 0) is 4.79 Å². The van der Waals surface area contributed by atoms with E-state index in [2.05, 4.69) is 20.6 Å². The van der Waals surface area contributed by atoms with Gasteiger partial charge in [-0.3, -0.25) is 14.6 Å². The van der Waals surface area contributed by atoms with E-state index in [0.717, 1.165) is 0 Å². The number of anilines is 1. The minimum absolute atomic E-state index is 0.203. The molecule has 0 atom stereocenters. The second kappa shape index (κ2) is 11.3. The van der Waals surface area contributed by atoms with E-state index in [1.807, 2.05) is 13.8 Å². The molecule has 9 nitrogen and oxygen atoms in total. The summed E-state index contributed by atoms with van der Waals surface area (Å²) < 4.78 is 16.6. The topological polar surface area (TPSA) is 112 Å². The second-order valence-corrected chi connectivity index (χ2v) is 6.43. The Morgan fingerprint density at radius 2 is 1.78 bits per heavy atom. The summed E-state index contributed by atoms with van der Waals surface area (Å²) in [6, 6.07) is 11.7. The van der Waals surface area contributed by atoms with Crippen molar-refractivity contribution in [3.05, 3.63) is 66.6 Å². The number of rotatable bonds is 10. The maximum absolute atomic E-state index is 12.5. The zero-order valence-corrected chi connectivity index (χ0v) is 17.8. The molecule has 2 amide bonds. The van der Waals surface area contributed by atoms with Crippen LogP contribution in [0.5, 0.6) is 23.1 Å². The average Bonchev–Trinajstić information content (AvgIpc) is 2.80. The molecular weight excluding hydrogens is 412 g/mol. The Balaban J connectivity index is 1.56. The van der Waals surface area contributed by atoms with Crippen molar-refractivity contribution in [2.45, 2.75) is 13.8 Å². The average molecular weight is 436 g/mol. The van der Waals surface area contributed by atoms with Crippen molar-refractivity contribution in [2.24, 2.45) is 0 Å². The van der Waals surface area contributed by atoms with Crippen LogP contribution in [-0.4, -0.2) is 41.5 Å². The first-order chi connectivity index (χ1) is 15.6. The minimum atomic E-state index is -0.399. The van der Waals surface area contributed by atoms with E-state index in [0.29, 0.717) is 47.6 Å². The van der Waals surface area contributed by atoms with Crippen molar-refractivity contribution in [1.82, 2.24) is 15.3 Å². The van der Waals surface area contributed by atoms with Gasteiger partial charge < -0.3 is 24.8 Å². The lowest BCUT2D eigenvalue weighted by molar-refractivity contribution is -0.115. The minimum Gasteiger partial charge on any atom is -0.490 e. The maximum Gasteiger partial charge on any atom is 0.251 e. The van der Waals surface area contributed by atoms with Gasteiger partial charge in [-0.15, -0.1) is 0 Å². The highest BCUT2D eigenvalue weighted by Gasteiger charge is 2.13. The number of aromatic nitrogens is 2. The summed E-state index contributed by atoms with van der Waals surface area (Å²) in [5.74, 6) is 1.09. The van der Waals surface area contributed by atoms with E-state index >= 15 is 0 Å². The van der Waals surface area contributed by atoms with Crippen LogP contribution >= 0.6 is 0 Å². The summed E-state index contributed by atoms with van der Waals surface area (Å²) in [4.78, 5) is 32.7. The third-order valence-corrected chi connectivity index (χ3v) is 4.09. The predicted octanol–water partition coefficient (Wildman–Crippen LogP) is 3.43. The lowest BCUT2D eigenvalue weighted by Gasteiger charge is -2.12. The van der Waals surface area contributed by atoms with E-state index in [1.165, 1.54) is 12.4 Å². The van der Waals surface area contributed by atoms with Gasteiger partial charge >= 0.3 is 0 Å². The summed E-state index contributed by atoms with van der Waals surface area (Å²) in [6.07, 6.45) is 4.55. The molecule has 0 spiro atoms. The van der Waals surface area contributed by atoms with Crippen molar-refractivity contribution in [2.75, 3.05) is 25.1 Å². The van der Waals surface area contributed by atoms with E-state index in [1.54, 1.807) is 48.7 Å². The smallest absolute Gasteiger partial charge is 0.251 e. The van der Waals surface area contributed by atoms with E-state index in [9.17, 15) is 9.59 Å². The van der Waals surface area contributed by atoms with Gasteiger partial charge in [0.2, 0.25) is 11.8 Å². The van der Waals surface area contributed by atoms with Crippen LogP contribution < -0.4 is 24.8 Å². The normalized spacial score (nSPS) is 10.2. The van der Waals surface area contributed by atoms with Crippen molar-refractivity contribution in [1.29, 1.82) is 0 Å². The van der Waals surface area contributed by atoms with Crippen molar-refractivity contribution >= 4 is 17.5 Å². The van der Waals surface area contributed by atoms with Gasteiger partial charge in [0.15, 0.2) is 11.5 Å². The van der Waals surface area contributed by atoms with Gasteiger partial charge in [-0.05, 0) is 44.2 Å². The fraction of sp³-hybridized carbons (Fsp3) is 0.217. The zero-order chi connectivity index (χ0) is 22.8. The molecule has 0 radical (unpaired) electrons. The maximum atomic E-state index is 12.5. The second-order valence-electron chi connectivity index (χ2n) is 6.43. The summed E-state index contributed by atoms with van der Waals surface area (Å²) >= 11 is 0. The molecule has 0 saturated heterocycles. The van der Waals surface area contributed by atoms with E-state index < -0.39 is 5.91 Å². The van der Waals surface area contributed by atoms with Crippen molar-refractivity contribution in [3.8, 4) is 23.1 Å². The molecule has 2 aromatic carbocycles. The summed E-state index contributed by atoms with van der Waals surface area (Å²) in [5.41, 5.74) is 0.884. The monoisotopic (exact) mass is 436 g/mol. The standard InChI is InChI=1S/C23H24N4O5/c1-3-30-19-9-8-16(12-20(19)31-4-2)23(29)26-14-21(28)27-17-6-5-7-18(13-17)32-22-15-24-10-11-25-22/h5-13,15H,3-4,14H2,1-2H3,(H,26,29)(H,27,28). The van der Waals surface area contributed by atoms with E-state index in [4.69, 9.17) is 14.2 Å². The Morgan fingerprint density at radius 3 is 2.53 bits per heavy atom. The lowest BCUT2D eigenvalue weighted by atomic mass is 10.2. The van der Waals surface area contributed by atoms with Crippen LogP contribution in [0.3, 0.4) is 0 Å². The Kier molecular flexibility index (Phi) is 7.96. The van der Waals surface area contributed by atoms with Crippen LogP contribution in [0.2, 0.25) is 0 Å². The molecule has 1 heterocycles. The molecule has 3 aromatic rings. The summed E-state index contributed by atoms with van der Waals surface area (Å²) in [7, 11) is 0. The van der Waals surface area contributed by atoms with Crippen LogP contribution in [0.25, 0.3) is 0 Å². The number of benzene rings is 2. The number of ether oxygens (including phenoxy) is 3. The quantitative estimate of drug-likeness (QED) is 0.501. The van der Waals surface area contributed by atoms with Gasteiger partial charge in [-0.25, -0.2) is 4.98 Å². The van der Waals surface area contributed by atoms with Crippen LogP contribution in [0.4, 0.5) is 5.69 Å². The molecule has 0 aliphatic heterocycles. The van der Waals surface area contributed by atoms with Gasteiger partial charge in [-0.2, -0.15) is 0 Å². The molecule has 166 valence electrons. The number of carbonyl (C=O) groups is 2. The molecule has 0 fully saturated rings. The third kappa shape index (κ3) is 6.43. The largest absolute Gasteiger partial charge is 0.490 e. The van der Waals surface area contributed by atoms with Crippen molar-refractivity contribution in [3.63, 3.8) is 0 Å². The van der Waals surface area contributed by atoms with Crippen LogP contribution in [0.1, 0.15) is 24.2 Å². The highest BCUT2D eigenvalue weighted by molar-refractivity contribution is 5.99. The van der Waals surface area contributed by atoms with Gasteiger partial charge in [-0.1, -0.05) is 6.07 Å². The summed E-state index contributed by atoms with van der Waals surface area (Å²) in [6.45, 7) is 4.43. The predicted molar refractivity (Wildman–Crippen MR) is 118 cm³/mol. The fourth-order valence-corrected chi connectivity index (χ4v) is 2.76. The Bertz CT molecular complexity index is 1060. The molecule has 1 aromatic heterocycles. The van der Waals surface area contributed by atoms with Crippen molar-refractivity contribution < 1.29 is 23.8 Å². The Morgan fingerprint density at radius 1 is 0.969 bits per heavy atom. The molecule has 0 aliphatic carbocycles. The number of amides is 2. The molecule has 0 unspecified atom stereocenters. The Hall–Kier alpha value is -4.14. The molecule has 0 bridgehead atoms.